The third-order valence-electron chi connectivity index (χ3n) is 3.13. The second-order valence-electron chi connectivity index (χ2n) is 4.91. The summed E-state index contributed by atoms with van der Waals surface area (Å²) in [6.07, 6.45) is 0. The number of nitrogens with zero attached hydrogens (tertiary/aromatic N) is 3. The summed E-state index contributed by atoms with van der Waals surface area (Å²) in [4.78, 5) is 0. The van der Waals surface area contributed by atoms with Gasteiger partial charge in [0, 0.05) is 10.0 Å². The first-order chi connectivity index (χ1) is 9.94. The Labute approximate surface area is 131 Å². The largest absolute Gasteiger partial charge is 0.480 e. The fraction of sp³-hybridized carbons (Fsp3) is 0.188. The average Bonchev–Trinajstić information content (AvgIpc) is 2.72. The highest BCUT2D eigenvalue weighted by atomic mass is 79.9. The second kappa shape index (κ2) is 5.44. The summed E-state index contributed by atoms with van der Waals surface area (Å²) in [5.41, 5.74) is 0.764. The molecule has 4 nitrogen and oxygen atoms in total. The lowest BCUT2D eigenvalue weighted by molar-refractivity contribution is 0.109. The maximum Gasteiger partial charge on any atom is 0.172 e. The van der Waals surface area contributed by atoms with Gasteiger partial charge in [-0.1, -0.05) is 28.1 Å². The van der Waals surface area contributed by atoms with Crippen LogP contribution >= 0.6 is 15.9 Å². The van der Waals surface area contributed by atoms with Gasteiger partial charge >= 0.3 is 0 Å². The lowest BCUT2D eigenvalue weighted by Crippen LogP contribution is -2.21. The highest BCUT2D eigenvalue weighted by Crippen LogP contribution is 2.44. The Bertz CT molecular complexity index is 765. The molecule has 0 amide bonds. The van der Waals surface area contributed by atoms with Crippen LogP contribution in [0.25, 0.3) is 5.57 Å². The Morgan fingerprint density at radius 2 is 1.67 bits per heavy atom. The van der Waals surface area contributed by atoms with Gasteiger partial charge in [-0.2, -0.15) is 15.8 Å². The topological polar surface area (TPSA) is 80.6 Å². The van der Waals surface area contributed by atoms with Crippen molar-refractivity contribution in [2.45, 2.75) is 19.4 Å². The summed E-state index contributed by atoms with van der Waals surface area (Å²) in [6, 6.07) is 13.1. The first-order valence-corrected chi connectivity index (χ1v) is 6.88. The molecule has 0 atom stereocenters. The van der Waals surface area contributed by atoms with Crippen LogP contribution in [-0.4, -0.2) is 5.60 Å². The van der Waals surface area contributed by atoms with Gasteiger partial charge in [-0.25, -0.2) is 0 Å². The predicted molar refractivity (Wildman–Crippen MR) is 80.1 cm³/mol. The van der Waals surface area contributed by atoms with E-state index in [0.29, 0.717) is 5.57 Å². The molecule has 0 aliphatic carbocycles. The van der Waals surface area contributed by atoms with Crippen LogP contribution in [0.1, 0.15) is 19.4 Å². The van der Waals surface area contributed by atoms with Gasteiger partial charge in [-0.05, 0) is 31.5 Å². The second-order valence-corrected chi connectivity index (χ2v) is 5.82. The number of hydrogen-bond donors (Lipinski definition) is 0. The normalized spacial score (nSPS) is 15.7. The maximum atomic E-state index is 9.44. The van der Waals surface area contributed by atoms with Gasteiger partial charge < -0.3 is 4.74 Å². The Kier molecular flexibility index (Phi) is 3.85. The number of nitriles is 3. The number of benzene rings is 1. The van der Waals surface area contributed by atoms with Crippen LogP contribution in [0.4, 0.5) is 0 Å². The first kappa shape index (κ1) is 14.9. The van der Waals surface area contributed by atoms with Crippen LogP contribution in [0.5, 0.6) is 0 Å². The van der Waals surface area contributed by atoms with Crippen molar-refractivity contribution in [2.75, 3.05) is 0 Å². The zero-order chi connectivity index (χ0) is 15.6. The molecule has 21 heavy (non-hydrogen) atoms. The summed E-state index contributed by atoms with van der Waals surface area (Å²) in [5.74, 6) is 0.0606. The highest BCUT2D eigenvalue weighted by molar-refractivity contribution is 9.10. The van der Waals surface area contributed by atoms with Crippen molar-refractivity contribution in [1.29, 1.82) is 15.8 Å². The van der Waals surface area contributed by atoms with E-state index < -0.39 is 5.60 Å². The summed E-state index contributed by atoms with van der Waals surface area (Å²) < 4.78 is 6.64. The monoisotopic (exact) mass is 339 g/mol. The van der Waals surface area contributed by atoms with Crippen LogP contribution in [0.2, 0.25) is 0 Å². The zero-order valence-corrected chi connectivity index (χ0v) is 13.0. The van der Waals surface area contributed by atoms with E-state index in [-0.39, 0.29) is 16.9 Å². The smallest absolute Gasteiger partial charge is 0.172 e. The molecule has 0 bridgehead atoms. The molecule has 0 aromatic heterocycles. The molecule has 0 fully saturated rings. The van der Waals surface area contributed by atoms with Crippen molar-refractivity contribution in [3.63, 3.8) is 0 Å². The van der Waals surface area contributed by atoms with Crippen molar-refractivity contribution in [3.05, 3.63) is 51.2 Å². The molecule has 1 aromatic rings. The maximum absolute atomic E-state index is 9.44. The van der Waals surface area contributed by atoms with Crippen molar-refractivity contribution in [1.82, 2.24) is 0 Å². The van der Waals surface area contributed by atoms with Crippen molar-refractivity contribution in [3.8, 4) is 18.2 Å². The van der Waals surface area contributed by atoms with Crippen LogP contribution in [-0.2, 0) is 4.74 Å². The molecule has 1 aliphatic rings. The van der Waals surface area contributed by atoms with Gasteiger partial charge in [0.25, 0.3) is 0 Å². The quantitative estimate of drug-likeness (QED) is 0.728. The minimum absolute atomic E-state index is 0.0606. The molecule has 0 radical (unpaired) electrons. The minimum atomic E-state index is -0.785. The highest BCUT2D eigenvalue weighted by Gasteiger charge is 2.40. The van der Waals surface area contributed by atoms with E-state index in [2.05, 4.69) is 22.0 Å². The van der Waals surface area contributed by atoms with E-state index in [1.165, 1.54) is 0 Å². The number of allylic oxidation sites excluding steroid dienone is 2. The predicted octanol–water partition coefficient (Wildman–Crippen LogP) is 3.84. The Balaban J connectivity index is 2.76. The van der Waals surface area contributed by atoms with Gasteiger partial charge in [0.15, 0.2) is 11.3 Å². The van der Waals surface area contributed by atoms with E-state index in [9.17, 15) is 5.26 Å². The Morgan fingerprint density at radius 1 is 1.10 bits per heavy atom. The van der Waals surface area contributed by atoms with Gasteiger partial charge in [0.1, 0.15) is 29.4 Å². The molecular weight excluding hydrogens is 330 g/mol. The van der Waals surface area contributed by atoms with E-state index in [1.54, 1.807) is 26.0 Å². The molecular formula is C16H10BrN3O. The Morgan fingerprint density at radius 3 is 2.14 bits per heavy atom. The van der Waals surface area contributed by atoms with Crippen molar-refractivity contribution >= 4 is 21.5 Å². The number of halogens is 1. The van der Waals surface area contributed by atoms with E-state index >= 15 is 0 Å². The summed E-state index contributed by atoms with van der Waals surface area (Å²) >= 11 is 3.36. The molecule has 102 valence electrons. The molecule has 2 rings (SSSR count). The third kappa shape index (κ3) is 2.55. The van der Waals surface area contributed by atoms with Gasteiger partial charge in [0.05, 0.1) is 0 Å². The van der Waals surface area contributed by atoms with Crippen LogP contribution < -0.4 is 0 Å². The summed E-state index contributed by atoms with van der Waals surface area (Å²) in [5, 5.41) is 27.5. The first-order valence-electron chi connectivity index (χ1n) is 6.09. The number of ether oxygens (including phenoxy) is 1. The fourth-order valence-electron chi connectivity index (χ4n) is 2.29. The molecule has 0 N–H and O–H groups in total. The Hall–Kier alpha value is -2.55. The fourth-order valence-corrected chi connectivity index (χ4v) is 2.55. The van der Waals surface area contributed by atoms with Crippen molar-refractivity contribution < 1.29 is 4.74 Å². The van der Waals surface area contributed by atoms with Gasteiger partial charge in [-0.3, -0.25) is 0 Å². The zero-order valence-electron chi connectivity index (χ0n) is 11.4. The average molecular weight is 340 g/mol. The van der Waals surface area contributed by atoms with Crippen molar-refractivity contribution in [2.24, 2.45) is 0 Å². The van der Waals surface area contributed by atoms with Crippen LogP contribution in [0.15, 0.2) is 45.6 Å². The number of hydrogen-bond acceptors (Lipinski definition) is 4. The van der Waals surface area contributed by atoms with Crippen LogP contribution in [0, 0.1) is 34.0 Å². The molecule has 0 saturated heterocycles. The van der Waals surface area contributed by atoms with Gasteiger partial charge in [0.2, 0.25) is 0 Å². The SMILES string of the molecule is CC1(C)OC(=C(C#N)C#N)C(C#N)=C1c1ccc(Br)cc1. The summed E-state index contributed by atoms with van der Waals surface area (Å²) in [7, 11) is 0. The lowest BCUT2D eigenvalue weighted by Gasteiger charge is -2.22. The van der Waals surface area contributed by atoms with Crippen LogP contribution in [0.3, 0.4) is 0 Å². The molecule has 0 spiro atoms. The van der Waals surface area contributed by atoms with E-state index in [0.717, 1.165) is 10.0 Å². The van der Waals surface area contributed by atoms with E-state index in [4.69, 9.17) is 15.3 Å². The molecule has 1 aliphatic heterocycles. The molecule has 5 heteroatoms. The third-order valence-corrected chi connectivity index (χ3v) is 3.66. The summed E-state index contributed by atoms with van der Waals surface area (Å²) in [6.45, 7) is 3.61. The molecule has 0 saturated carbocycles. The van der Waals surface area contributed by atoms with E-state index in [1.807, 2.05) is 24.3 Å². The number of rotatable bonds is 1. The molecule has 1 heterocycles. The standard InChI is InChI=1S/C16H10BrN3O/c1-16(2)14(10-3-5-12(17)6-4-10)13(9-20)15(21-16)11(7-18)8-19/h3-6H,1-2H3. The minimum Gasteiger partial charge on any atom is -0.480 e. The van der Waals surface area contributed by atoms with Gasteiger partial charge in [-0.15, -0.1) is 0 Å². The molecule has 0 unspecified atom stereocenters. The lowest BCUT2D eigenvalue weighted by atomic mass is 9.89. The molecule has 1 aromatic carbocycles.